The van der Waals surface area contributed by atoms with Crippen LogP contribution in [0.15, 0.2) is 12.2 Å². The zero-order chi connectivity index (χ0) is 12.1. The van der Waals surface area contributed by atoms with Crippen molar-refractivity contribution in [3.05, 3.63) is 12.2 Å². The summed E-state index contributed by atoms with van der Waals surface area (Å²) in [6.45, 7) is 6.34. The Labute approximate surface area is 98.5 Å². The number of ether oxygens (including phenoxy) is 2. The summed E-state index contributed by atoms with van der Waals surface area (Å²) in [7, 11) is 5.39. The first-order valence-corrected chi connectivity index (χ1v) is 5.02. The molecule has 4 nitrogen and oxygen atoms in total. The van der Waals surface area contributed by atoms with Gasteiger partial charge >= 0.3 is 11.9 Å². The summed E-state index contributed by atoms with van der Waals surface area (Å²) in [5.41, 5.74) is 0.297. The summed E-state index contributed by atoms with van der Waals surface area (Å²) in [6.07, 6.45) is 0. The molecule has 0 aromatic carbocycles. The lowest BCUT2D eigenvalue weighted by atomic mass is 9.90. The van der Waals surface area contributed by atoms with Crippen molar-refractivity contribution in [1.29, 1.82) is 0 Å². The molecule has 0 rings (SSSR count). The van der Waals surface area contributed by atoms with E-state index in [0.29, 0.717) is 5.57 Å². The minimum atomic E-state index is -1.22. The average molecular weight is 275 g/mol. The second-order valence-electron chi connectivity index (χ2n) is 3.13. The van der Waals surface area contributed by atoms with Crippen LogP contribution in [0.25, 0.3) is 0 Å². The van der Waals surface area contributed by atoms with Gasteiger partial charge in [-0.15, -0.1) is 0 Å². The molecule has 0 aliphatic heterocycles. The standard InChI is InChI=1S/C9H12BBrO4/c1-6(2)7(12)14-4-5-15-8(13)9(3,10)11/h1,4-5H2,2-3H3. The minimum Gasteiger partial charge on any atom is -0.462 e. The fourth-order valence-electron chi connectivity index (χ4n) is 0.533. The Bertz CT molecular complexity index is 270. The monoisotopic (exact) mass is 274 g/mol. The van der Waals surface area contributed by atoms with Crippen LogP contribution in [-0.2, 0) is 19.1 Å². The van der Waals surface area contributed by atoms with Crippen LogP contribution in [0.2, 0.25) is 0 Å². The van der Waals surface area contributed by atoms with Crippen LogP contribution < -0.4 is 0 Å². The Morgan fingerprint density at radius 1 is 1.40 bits per heavy atom. The molecule has 2 radical (unpaired) electrons. The van der Waals surface area contributed by atoms with Crippen molar-refractivity contribution in [2.24, 2.45) is 0 Å². The Kier molecular flexibility index (Phi) is 5.64. The maximum atomic E-state index is 11.1. The molecular formula is C9H12BBrO4. The van der Waals surface area contributed by atoms with Gasteiger partial charge in [0.25, 0.3) is 0 Å². The molecule has 0 aromatic heterocycles. The van der Waals surface area contributed by atoms with Gasteiger partial charge in [-0.25, -0.2) is 4.79 Å². The highest BCUT2D eigenvalue weighted by atomic mass is 79.9. The van der Waals surface area contributed by atoms with Crippen LogP contribution in [-0.4, -0.2) is 37.2 Å². The predicted molar refractivity (Wildman–Crippen MR) is 59.8 cm³/mol. The molecule has 0 saturated carbocycles. The fourth-order valence-corrected chi connectivity index (χ4v) is 0.648. The second-order valence-corrected chi connectivity index (χ2v) is 4.78. The van der Waals surface area contributed by atoms with Gasteiger partial charge in [0.15, 0.2) is 0 Å². The van der Waals surface area contributed by atoms with Crippen molar-refractivity contribution in [2.45, 2.75) is 18.1 Å². The van der Waals surface area contributed by atoms with E-state index in [9.17, 15) is 9.59 Å². The molecule has 0 saturated heterocycles. The van der Waals surface area contributed by atoms with Crippen molar-refractivity contribution in [3.63, 3.8) is 0 Å². The predicted octanol–water partition coefficient (Wildman–Crippen LogP) is 0.928. The highest BCUT2D eigenvalue weighted by Gasteiger charge is 2.24. The lowest BCUT2D eigenvalue weighted by molar-refractivity contribution is -0.150. The van der Waals surface area contributed by atoms with E-state index in [-0.39, 0.29) is 13.2 Å². The topological polar surface area (TPSA) is 52.6 Å². The lowest BCUT2D eigenvalue weighted by Crippen LogP contribution is -2.31. The molecule has 15 heavy (non-hydrogen) atoms. The molecule has 1 atom stereocenters. The van der Waals surface area contributed by atoms with Crippen molar-refractivity contribution >= 4 is 35.7 Å². The summed E-state index contributed by atoms with van der Waals surface area (Å²) in [5, 5.41) is 0. The van der Waals surface area contributed by atoms with Gasteiger partial charge in [-0.3, -0.25) is 4.79 Å². The highest BCUT2D eigenvalue weighted by molar-refractivity contribution is 9.10. The van der Waals surface area contributed by atoms with Crippen molar-refractivity contribution in [1.82, 2.24) is 0 Å². The molecule has 0 N–H and O–H groups in total. The van der Waals surface area contributed by atoms with Gasteiger partial charge in [0.05, 0.1) is 4.22 Å². The van der Waals surface area contributed by atoms with E-state index < -0.39 is 16.2 Å². The molecule has 0 amide bonds. The van der Waals surface area contributed by atoms with E-state index in [1.54, 1.807) is 0 Å². The van der Waals surface area contributed by atoms with Crippen LogP contribution in [0.1, 0.15) is 13.8 Å². The first-order chi connectivity index (χ1) is 6.75. The summed E-state index contributed by atoms with van der Waals surface area (Å²) < 4.78 is 8.20. The molecule has 1 unspecified atom stereocenters. The van der Waals surface area contributed by atoms with E-state index in [2.05, 4.69) is 22.5 Å². The summed E-state index contributed by atoms with van der Waals surface area (Å²) in [5.74, 6) is -1.13. The van der Waals surface area contributed by atoms with Crippen LogP contribution in [0.4, 0.5) is 0 Å². The van der Waals surface area contributed by atoms with E-state index in [0.717, 1.165) is 0 Å². The van der Waals surface area contributed by atoms with Gasteiger partial charge in [0.1, 0.15) is 21.1 Å². The normalized spacial score (nSPS) is 13.8. The molecule has 0 bridgehead atoms. The highest BCUT2D eigenvalue weighted by Crippen LogP contribution is 2.13. The number of hydrogen-bond acceptors (Lipinski definition) is 4. The van der Waals surface area contributed by atoms with Crippen molar-refractivity contribution in [3.8, 4) is 0 Å². The zero-order valence-corrected chi connectivity index (χ0v) is 10.3. The van der Waals surface area contributed by atoms with E-state index in [1.807, 2.05) is 0 Å². The number of esters is 2. The molecule has 0 spiro atoms. The van der Waals surface area contributed by atoms with Gasteiger partial charge in [-0.1, -0.05) is 22.5 Å². The minimum absolute atomic E-state index is 0.0134. The third-order valence-electron chi connectivity index (χ3n) is 1.30. The molecule has 6 heteroatoms. The lowest BCUT2D eigenvalue weighted by Gasteiger charge is -2.15. The zero-order valence-electron chi connectivity index (χ0n) is 8.71. The maximum absolute atomic E-state index is 11.1. The number of carbonyl (C=O) groups is 2. The SMILES string of the molecule is [B]C(C)(Br)C(=O)OCCOC(=O)C(=C)C. The average Bonchev–Trinajstić information content (AvgIpc) is 2.09. The van der Waals surface area contributed by atoms with Crippen LogP contribution >= 0.6 is 15.9 Å². The molecule has 0 heterocycles. The first-order valence-electron chi connectivity index (χ1n) is 4.23. The van der Waals surface area contributed by atoms with E-state index in [1.165, 1.54) is 13.8 Å². The Morgan fingerprint density at radius 2 is 1.87 bits per heavy atom. The molecule has 0 fully saturated rings. The summed E-state index contributed by atoms with van der Waals surface area (Å²) >= 11 is 2.93. The first kappa shape index (κ1) is 14.2. The van der Waals surface area contributed by atoms with E-state index in [4.69, 9.17) is 17.3 Å². The molecular weight excluding hydrogens is 263 g/mol. The van der Waals surface area contributed by atoms with Gasteiger partial charge in [-0.2, -0.15) is 0 Å². The largest absolute Gasteiger partial charge is 0.462 e. The quantitative estimate of drug-likeness (QED) is 0.246. The van der Waals surface area contributed by atoms with Crippen molar-refractivity contribution < 1.29 is 19.1 Å². The second kappa shape index (κ2) is 5.95. The van der Waals surface area contributed by atoms with Crippen LogP contribution in [0, 0.1) is 0 Å². The molecule has 0 aliphatic carbocycles. The van der Waals surface area contributed by atoms with Crippen LogP contribution in [0.3, 0.4) is 0 Å². The van der Waals surface area contributed by atoms with Gasteiger partial charge < -0.3 is 9.47 Å². The molecule has 0 aliphatic rings. The summed E-state index contributed by atoms with van der Waals surface area (Å²) in [4.78, 5) is 22.0. The number of rotatable bonds is 5. The van der Waals surface area contributed by atoms with Gasteiger partial charge in [-0.05, 0) is 13.8 Å². The third kappa shape index (κ3) is 6.33. The Morgan fingerprint density at radius 3 is 2.27 bits per heavy atom. The van der Waals surface area contributed by atoms with Crippen LogP contribution in [0.5, 0.6) is 0 Å². The number of carbonyl (C=O) groups excluding carboxylic acids is 2. The summed E-state index contributed by atoms with van der Waals surface area (Å²) in [6, 6.07) is 0. The fraction of sp³-hybridized carbons (Fsp3) is 0.556. The number of hydrogen-bond donors (Lipinski definition) is 0. The molecule has 82 valence electrons. The van der Waals surface area contributed by atoms with Gasteiger partial charge in [0, 0.05) is 5.57 Å². The smallest absolute Gasteiger partial charge is 0.333 e. The Hall–Kier alpha value is -0.775. The third-order valence-corrected chi connectivity index (χ3v) is 1.62. The van der Waals surface area contributed by atoms with Crippen molar-refractivity contribution in [2.75, 3.05) is 13.2 Å². The van der Waals surface area contributed by atoms with Gasteiger partial charge in [0.2, 0.25) is 0 Å². The van der Waals surface area contributed by atoms with E-state index >= 15 is 0 Å². The molecule has 0 aromatic rings. The number of alkyl halides is 1. The maximum Gasteiger partial charge on any atom is 0.333 e. The Balaban J connectivity index is 3.69. The number of halogens is 1.